The minimum atomic E-state index is -1.13. The van der Waals surface area contributed by atoms with Crippen molar-refractivity contribution < 1.29 is 19.5 Å². The molecule has 0 aliphatic heterocycles. The Morgan fingerprint density at radius 3 is 2.10 bits per heavy atom. The molecular weight excluding hydrogens is 330 g/mol. The van der Waals surface area contributed by atoms with Crippen LogP contribution in [-0.4, -0.2) is 23.0 Å². The zero-order chi connectivity index (χ0) is 15.3. The average molecular weight is 340 g/mol. The fraction of sp³-hybridized carbons (Fsp3) is 0.182. The number of anilines is 1. The molecule has 3 amide bonds. The van der Waals surface area contributed by atoms with Crippen molar-refractivity contribution in [2.45, 2.75) is 12.8 Å². The average Bonchev–Trinajstić information content (AvgIpc) is 2.31. The van der Waals surface area contributed by atoms with E-state index >= 15 is 0 Å². The van der Waals surface area contributed by atoms with Gasteiger partial charge in [0.1, 0.15) is 0 Å². The lowest BCUT2D eigenvalue weighted by atomic mass is 10.3. The Morgan fingerprint density at radius 2 is 1.60 bits per heavy atom. The number of hydrogen-bond acceptors (Lipinski definition) is 3. The highest BCUT2D eigenvalue weighted by Gasteiger charge is 2.14. The lowest BCUT2D eigenvalue weighted by Crippen LogP contribution is -2.34. The molecule has 3 N–H and O–H groups in total. The van der Waals surface area contributed by atoms with Crippen LogP contribution in [0.25, 0.3) is 0 Å². The fourth-order valence-electron chi connectivity index (χ4n) is 1.22. The SMILES string of the molecule is O=C(O)CCC(=O)NC(=O)Nc1c(Cl)cc(Cl)cc1Cl. The van der Waals surface area contributed by atoms with Crippen LogP contribution in [0.5, 0.6) is 0 Å². The quantitative estimate of drug-likeness (QED) is 0.785. The topological polar surface area (TPSA) is 95.5 Å². The molecule has 0 fully saturated rings. The van der Waals surface area contributed by atoms with Gasteiger partial charge in [0.2, 0.25) is 5.91 Å². The fourth-order valence-corrected chi connectivity index (χ4v) is 2.13. The van der Waals surface area contributed by atoms with Crippen LogP contribution in [0.1, 0.15) is 12.8 Å². The van der Waals surface area contributed by atoms with Gasteiger partial charge in [0.25, 0.3) is 0 Å². The van der Waals surface area contributed by atoms with Gasteiger partial charge in [0.15, 0.2) is 0 Å². The van der Waals surface area contributed by atoms with Crippen LogP contribution in [0.3, 0.4) is 0 Å². The normalized spacial score (nSPS) is 9.95. The van der Waals surface area contributed by atoms with Crippen molar-refractivity contribution in [1.82, 2.24) is 5.32 Å². The number of benzene rings is 1. The Morgan fingerprint density at radius 1 is 1.05 bits per heavy atom. The van der Waals surface area contributed by atoms with Gasteiger partial charge >= 0.3 is 12.0 Å². The maximum atomic E-state index is 11.5. The van der Waals surface area contributed by atoms with Crippen LogP contribution >= 0.6 is 34.8 Å². The van der Waals surface area contributed by atoms with Gasteiger partial charge in [-0.3, -0.25) is 14.9 Å². The Labute approximate surface area is 129 Å². The number of hydrogen-bond donors (Lipinski definition) is 3. The molecule has 0 saturated carbocycles. The first-order valence-electron chi connectivity index (χ1n) is 5.26. The molecule has 0 saturated heterocycles. The Hall–Kier alpha value is -1.50. The largest absolute Gasteiger partial charge is 0.481 e. The standard InChI is InChI=1S/C11H9Cl3N2O4/c12-5-3-6(13)10(7(14)4-5)16-11(20)15-8(17)1-2-9(18)19/h3-4H,1-2H2,(H,18,19)(H2,15,16,17,20). The van der Waals surface area contributed by atoms with Gasteiger partial charge in [0, 0.05) is 11.4 Å². The molecule has 0 atom stereocenters. The molecule has 0 radical (unpaired) electrons. The summed E-state index contributed by atoms with van der Waals surface area (Å²) >= 11 is 17.4. The van der Waals surface area contributed by atoms with Crippen LogP contribution in [0.15, 0.2) is 12.1 Å². The van der Waals surface area contributed by atoms with E-state index in [4.69, 9.17) is 39.9 Å². The summed E-state index contributed by atoms with van der Waals surface area (Å²) in [7, 11) is 0. The molecule has 1 rings (SSSR count). The van der Waals surface area contributed by atoms with E-state index in [-0.39, 0.29) is 28.6 Å². The van der Waals surface area contributed by atoms with E-state index in [1.807, 2.05) is 5.32 Å². The second-order valence-electron chi connectivity index (χ2n) is 3.64. The van der Waals surface area contributed by atoms with Crippen LogP contribution in [0.4, 0.5) is 10.5 Å². The van der Waals surface area contributed by atoms with Gasteiger partial charge in [-0.05, 0) is 12.1 Å². The third-order valence-electron chi connectivity index (χ3n) is 2.06. The number of rotatable bonds is 4. The van der Waals surface area contributed by atoms with E-state index in [1.165, 1.54) is 12.1 Å². The van der Waals surface area contributed by atoms with Crippen molar-refractivity contribution in [1.29, 1.82) is 0 Å². The van der Waals surface area contributed by atoms with Crippen molar-refractivity contribution in [3.63, 3.8) is 0 Å². The molecule has 0 aliphatic rings. The van der Waals surface area contributed by atoms with Crippen molar-refractivity contribution in [2.75, 3.05) is 5.32 Å². The number of nitrogens with one attached hydrogen (secondary N) is 2. The first-order valence-corrected chi connectivity index (χ1v) is 6.40. The molecular formula is C11H9Cl3N2O4. The van der Waals surface area contributed by atoms with Crippen LogP contribution in [0, 0.1) is 0 Å². The van der Waals surface area contributed by atoms with Crippen molar-refractivity contribution in [2.24, 2.45) is 0 Å². The van der Waals surface area contributed by atoms with E-state index in [1.54, 1.807) is 0 Å². The predicted molar refractivity (Wildman–Crippen MR) is 75.5 cm³/mol. The van der Waals surface area contributed by atoms with Gasteiger partial charge < -0.3 is 10.4 Å². The molecule has 0 bridgehead atoms. The molecule has 0 spiro atoms. The molecule has 6 nitrogen and oxygen atoms in total. The molecule has 1 aromatic carbocycles. The summed E-state index contributed by atoms with van der Waals surface area (Å²) in [6.45, 7) is 0. The molecule has 0 heterocycles. The maximum absolute atomic E-state index is 11.5. The van der Waals surface area contributed by atoms with Gasteiger partial charge in [-0.15, -0.1) is 0 Å². The first-order chi connectivity index (χ1) is 9.29. The number of imide groups is 1. The number of carboxylic acids is 1. The first kappa shape index (κ1) is 16.6. The summed E-state index contributed by atoms with van der Waals surface area (Å²) in [6, 6.07) is 1.87. The Kier molecular flexibility index (Phi) is 6.06. The molecule has 9 heteroatoms. The van der Waals surface area contributed by atoms with E-state index < -0.39 is 17.9 Å². The van der Waals surface area contributed by atoms with Crippen molar-refractivity contribution in [3.8, 4) is 0 Å². The second kappa shape index (κ2) is 7.33. The smallest absolute Gasteiger partial charge is 0.325 e. The van der Waals surface area contributed by atoms with Crippen molar-refractivity contribution >= 4 is 58.4 Å². The maximum Gasteiger partial charge on any atom is 0.325 e. The highest BCUT2D eigenvalue weighted by molar-refractivity contribution is 6.42. The Balaban J connectivity index is 2.63. The van der Waals surface area contributed by atoms with Crippen LogP contribution in [0.2, 0.25) is 15.1 Å². The molecule has 108 valence electrons. The highest BCUT2D eigenvalue weighted by Crippen LogP contribution is 2.33. The summed E-state index contributed by atoms with van der Waals surface area (Å²) < 4.78 is 0. The molecule has 0 aromatic heterocycles. The molecule has 0 aliphatic carbocycles. The van der Waals surface area contributed by atoms with Crippen molar-refractivity contribution in [3.05, 3.63) is 27.2 Å². The molecule has 1 aromatic rings. The zero-order valence-corrected chi connectivity index (χ0v) is 12.1. The summed E-state index contributed by atoms with van der Waals surface area (Å²) in [4.78, 5) is 33.0. The highest BCUT2D eigenvalue weighted by atomic mass is 35.5. The third kappa shape index (κ3) is 5.24. The molecule has 0 unspecified atom stereocenters. The van der Waals surface area contributed by atoms with Gasteiger partial charge in [-0.1, -0.05) is 34.8 Å². The van der Waals surface area contributed by atoms with Gasteiger partial charge in [0.05, 0.1) is 22.2 Å². The number of aliphatic carboxylic acids is 1. The van der Waals surface area contributed by atoms with E-state index in [9.17, 15) is 14.4 Å². The lowest BCUT2D eigenvalue weighted by Gasteiger charge is -2.10. The van der Waals surface area contributed by atoms with Gasteiger partial charge in [-0.2, -0.15) is 0 Å². The summed E-state index contributed by atoms with van der Waals surface area (Å²) in [6.07, 6.45) is -0.688. The van der Waals surface area contributed by atoms with Gasteiger partial charge in [-0.25, -0.2) is 4.79 Å². The number of carbonyl (C=O) groups excluding carboxylic acids is 2. The minimum Gasteiger partial charge on any atom is -0.481 e. The number of urea groups is 1. The Bertz CT molecular complexity index is 540. The number of carbonyl (C=O) groups is 3. The summed E-state index contributed by atoms with van der Waals surface area (Å²) in [5, 5.41) is 13.1. The van der Waals surface area contributed by atoms with E-state index in [2.05, 4.69) is 5.32 Å². The predicted octanol–water partition coefficient (Wildman–Crippen LogP) is 3.16. The van der Waals surface area contributed by atoms with E-state index in [0.29, 0.717) is 5.02 Å². The number of halogens is 3. The number of carboxylic acid groups (broad SMARTS) is 1. The second-order valence-corrected chi connectivity index (χ2v) is 4.89. The lowest BCUT2D eigenvalue weighted by molar-refractivity contribution is -0.138. The van der Waals surface area contributed by atoms with Crippen LogP contribution in [-0.2, 0) is 9.59 Å². The third-order valence-corrected chi connectivity index (χ3v) is 2.88. The summed E-state index contributed by atoms with van der Waals surface area (Å²) in [5.41, 5.74) is 0.0984. The minimum absolute atomic E-state index is 0.0984. The summed E-state index contributed by atoms with van der Waals surface area (Å²) in [5.74, 6) is -1.87. The number of amides is 3. The van der Waals surface area contributed by atoms with Crippen LogP contribution < -0.4 is 10.6 Å². The zero-order valence-electron chi connectivity index (χ0n) is 9.87. The monoisotopic (exact) mass is 338 g/mol. The van der Waals surface area contributed by atoms with E-state index in [0.717, 1.165) is 0 Å². The molecule has 20 heavy (non-hydrogen) atoms.